The second-order valence-corrected chi connectivity index (χ2v) is 10.5. The van der Waals surface area contributed by atoms with Crippen molar-refractivity contribution in [3.05, 3.63) is 64.1 Å². The fraction of sp³-hybridized carbons (Fsp3) is 0.391. The number of aryl methyl sites for hydroxylation is 1. The molecule has 0 bridgehead atoms. The van der Waals surface area contributed by atoms with E-state index in [2.05, 4.69) is 21.2 Å². The van der Waals surface area contributed by atoms with Crippen molar-refractivity contribution in [3.8, 4) is 0 Å². The van der Waals surface area contributed by atoms with Gasteiger partial charge in [0.25, 0.3) is 0 Å². The molecule has 1 N–H and O–H groups in total. The summed E-state index contributed by atoms with van der Waals surface area (Å²) in [5, 5.41) is 2.81. The maximum atomic E-state index is 13.4. The molecule has 0 aromatic heterocycles. The molecule has 0 unspecified atom stereocenters. The lowest BCUT2D eigenvalue weighted by Crippen LogP contribution is -2.51. The van der Waals surface area contributed by atoms with E-state index in [1.165, 1.54) is 4.90 Å². The molecule has 2 aromatic carbocycles. The summed E-state index contributed by atoms with van der Waals surface area (Å²) in [5.74, 6) is -0.736. The normalized spacial score (nSPS) is 12.2. The van der Waals surface area contributed by atoms with Gasteiger partial charge in [-0.3, -0.25) is 13.9 Å². The molecule has 0 aliphatic rings. The summed E-state index contributed by atoms with van der Waals surface area (Å²) < 4.78 is 27.1. The standard InChI is InChI=1S/C23H30BrN3O4S/c1-5-14-25-23(29)18(3)26(15-19-10-12-20(24)13-11-19)22(28)16-27(32(4,30)31)21-9-7-6-8-17(21)2/h6-13,18H,5,14-16H2,1-4H3,(H,25,29)/t18-/m0/s1. The molecule has 2 aromatic rings. The SMILES string of the molecule is CCCNC(=O)[C@H](C)N(Cc1ccc(Br)cc1)C(=O)CN(c1ccccc1C)S(C)(=O)=O. The first-order valence-corrected chi connectivity index (χ1v) is 13.0. The number of hydrogen-bond acceptors (Lipinski definition) is 4. The Morgan fingerprint density at radius 3 is 2.28 bits per heavy atom. The van der Waals surface area contributed by atoms with Crippen LogP contribution in [0.5, 0.6) is 0 Å². The van der Waals surface area contributed by atoms with Crippen LogP contribution in [-0.4, -0.2) is 50.5 Å². The number of para-hydroxylation sites is 1. The quantitative estimate of drug-likeness (QED) is 0.516. The molecule has 7 nitrogen and oxygen atoms in total. The van der Waals surface area contributed by atoms with E-state index >= 15 is 0 Å². The number of amides is 2. The monoisotopic (exact) mass is 523 g/mol. The lowest BCUT2D eigenvalue weighted by molar-refractivity contribution is -0.139. The Morgan fingerprint density at radius 1 is 1.09 bits per heavy atom. The number of anilines is 1. The summed E-state index contributed by atoms with van der Waals surface area (Å²) >= 11 is 3.39. The average Bonchev–Trinajstić information content (AvgIpc) is 2.74. The zero-order chi connectivity index (χ0) is 23.9. The van der Waals surface area contributed by atoms with E-state index < -0.39 is 28.5 Å². The van der Waals surface area contributed by atoms with Crippen LogP contribution in [0.4, 0.5) is 5.69 Å². The highest BCUT2D eigenvalue weighted by atomic mass is 79.9. The molecule has 0 aliphatic carbocycles. The van der Waals surface area contributed by atoms with Gasteiger partial charge in [-0.05, 0) is 49.6 Å². The highest BCUT2D eigenvalue weighted by Gasteiger charge is 2.30. The molecule has 0 radical (unpaired) electrons. The molecule has 32 heavy (non-hydrogen) atoms. The topological polar surface area (TPSA) is 86.8 Å². The lowest BCUT2D eigenvalue weighted by atomic mass is 10.1. The number of sulfonamides is 1. The van der Waals surface area contributed by atoms with Gasteiger partial charge >= 0.3 is 0 Å². The number of benzene rings is 2. The van der Waals surface area contributed by atoms with Crippen LogP contribution in [-0.2, 0) is 26.2 Å². The predicted molar refractivity (Wildman–Crippen MR) is 131 cm³/mol. The highest BCUT2D eigenvalue weighted by molar-refractivity contribution is 9.10. The van der Waals surface area contributed by atoms with Gasteiger partial charge in [0.1, 0.15) is 12.6 Å². The Balaban J connectivity index is 2.37. The largest absolute Gasteiger partial charge is 0.354 e. The van der Waals surface area contributed by atoms with Crippen LogP contribution in [0.15, 0.2) is 53.0 Å². The van der Waals surface area contributed by atoms with E-state index in [1.807, 2.05) is 31.2 Å². The maximum absolute atomic E-state index is 13.4. The molecule has 174 valence electrons. The summed E-state index contributed by atoms with van der Waals surface area (Å²) in [7, 11) is -3.73. The van der Waals surface area contributed by atoms with Gasteiger partial charge in [-0.1, -0.05) is 53.2 Å². The van der Waals surface area contributed by atoms with E-state index in [1.54, 1.807) is 38.1 Å². The van der Waals surface area contributed by atoms with Gasteiger partial charge in [0.15, 0.2) is 0 Å². The van der Waals surface area contributed by atoms with Gasteiger partial charge in [0.2, 0.25) is 21.8 Å². The van der Waals surface area contributed by atoms with Gasteiger partial charge in [0.05, 0.1) is 11.9 Å². The zero-order valence-electron chi connectivity index (χ0n) is 18.8. The number of carbonyl (C=O) groups excluding carboxylic acids is 2. The molecule has 0 heterocycles. The Bertz CT molecular complexity index is 1040. The molecule has 0 spiro atoms. The van der Waals surface area contributed by atoms with Crippen LogP contribution in [0.2, 0.25) is 0 Å². The summed E-state index contributed by atoms with van der Waals surface area (Å²) in [6.45, 7) is 5.67. The zero-order valence-corrected chi connectivity index (χ0v) is 21.2. The fourth-order valence-corrected chi connectivity index (χ4v) is 4.37. The minimum Gasteiger partial charge on any atom is -0.354 e. The van der Waals surface area contributed by atoms with Crippen molar-refractivity contribution < 1.29 is 18.0 Å². The Kier molecular flexibility index (Phi) is 9.27. The predicted octanol–water partition coefficient (Wildman–Crippen LogP) is 3.47. The van der Waals surface area contributed by atoms with Gasteiger partial charge in [-0.2, -0.15) is 0 Å². The minimum atomic E-state index is -3.73. The van der Waals surface area contributed by atoms with E-state index in [9.17, 15) is 18.0 Å². The van der Waals surface area contributed by atoms with Crippen molar-refractivity contribution >= 4 is 43.5 Å². The first-order valence-electron chi connectivity index (χ1n) is 10.4. The van der Waals surface area contributed by atoms with Crippen LogP contribution < -0.4 is 9.62 Å². The van der Waals surface area contributed by atoms with Crippen molar-refractivity contribution in [3.63, 3.8) is 0 Å². The molecule has 0 aliphatic heterocycles. The Hall–Kier alpha value is -2.39. The van der Waals surface area contributed by atoms with Crippen LogP contribution in [0, 0.1) is 6.92 Å². The second-order valence-electron chi connectivity index (χ2n) is 7.67. The van der Waals surface area contributed by atoms with Crippen molar-refractivity contribution in [1.82, 2.24) is 10.2 Å². The molecule has 2 rings (SSSR count). The third-order valence-corrected chi connectivity index (χ3v) is 6.70. The first kappa shape index (κ1) is 25.9. The van der Waals surface area contributed by atoms with Crippen molar-refractivity contribution in [2.45, 2.75) is 39.8 Å². The Labute approximate surface area is 199 Å². The summed E-state index contributed by atoms with van der Waals surface area (Å²) in [5.41, 5.74) is 2.01. The lowest BCUT2D eigenvalue weighted by Gasteiger charge is -2.32. The van der Waals surface area contributed by atoms with E-state index in [0.29, 0.717) is 12.2 Å². The fourth-order valence-electron chi connectivity index (χ4n) is 3.20. The summed E-state index contributed by atoms with van der Waals surface area (Å²) in [6.07, 6.45) is 1.84. The average molecular weight is 524 g/mol. The van der Waals surface area contributed by atoms with Gasteiger partial charge < -0.3 is 10.2 Å². The molecule has 2 amide bonds. The van der Waals surface area contributed by atoms with Crippen molar-refractivity contribution in [2.75, 3.05) is 23.7 Å². The third kappa shape index (κ3) is 7.06. The molecular formula is C23H30BrN3O4S. The number of rotatable bonds is 10. The van der Waals surface area contributed by atoms with Crippen molar-refractivity contribution in [1.29, 1.82) is 0 Å². The van der Waals surface area contributed by atoms with Crippen LogP contribution in [0.3, 0.4) is 0 Å². The molecule has 1 atom stereocenters. The first-order chi connectivity index (χ1) is 15.0. The van der Waals surface area contributed by atoms with Crippen LogP contribution >= 0.6 is 15.9 Å². The second kappa shape index (κ2) is 11.5. The molecule has 0 saturated heterocycles. The Morgan fingerprint density at radius 2 is 1.72 bits per heavy atom. The number of hydrogen-bond donors (Lipinski definition) is 1. The summed E-state index contributed by atoms with van der Waals surface area (Å²) in [6, 6.07) is 13.7. The minimum absolute atomic E-state index is 0.179. The molecule has 0 fully saturated rings. The number of nitrogens with one attached hydrogen (secondary N) is 1. The van der Waals surface area contributed by atoms with E-state index in [0.717, 1.165) is 32.6 Å². The number of nitrogens with zero attached hydrogens (tertiary/aromatic N) is 2. The number of carbonyl (C=O) groups is 2. The maximum Gasteiger partial charge on any atom is 0.244 e. The molecule has 9 heteroatoms. The van der Waals surface area contributed by atoms with Gasteiger partial charge in [0, 0.05) is 17.6 Å². The van der Waals surface area contributed by atoms with Crippen molar-refractivity contribution in [2.24, 2.45) is 0 Å². The molecule has 0 saturated carbocycles. The van der Waals surface area contributed by atoms with Gasteiger partial charge in [-0.25, -0.2) is 8.42 Å². The van der Waals surface area contributed by atoms with Crippen LogP contribution in [0.1, 0.15) is 31.4 Å². The number of halogens is 1. The van der Waals surface area contributed by atoms with E-state index in [4.69, 9.17) is 0 Å². The molecular weight excluding hydrogens is 494 g/mol. The summed E-state index contributed by atoms with van der Waals surface area (Å²) in [4.78, 5) is 27.5. The van der Waals surface area contributed by atoms with Crippen LogP contribution in [0.25, 0.3) is 0 Å². The highest BCUT2D eigenvalue weighted by Crippen LogP contribution is 2.23. The smallest absolute Gasteiger partial charge is 0.244 e. The van der Waals surface area contributed by atoms with Gasteiger partial charge in [-0.15, -0.1) is 0 Å². The van der Waals surface area contributed by atoms with E-state index in [-0.39, 0.29) is 12.5 Å². The third-order valence-electron chi connectivity index (χ3n) is 5.05.